The van der Waals surface area contributed by atoms with Crippen molar-refractivity contribution in [3.63, 3.8) is 0 Å². The molecule has 5 nitrogen and oxygen atoms in total. The van der Waals surface area contributed by atoms with Crippen LogP contribution in [0.2, 0.25) is 0 Å². The zero-order valence-corrected chi connectivity index (χ0v) is 15.2. The van der Waals surface area contributed by atoms with Crippen LogP contribution in [0.3, 0.4) is 0 Å². The van der Waals surface area contributed by atoms with E-state index < -0.39 is 30.2 Å². The first-order chi connectivity index (χ1) is 14.0. The largest absolute Gasteiger partial charge is 0.394 e. The van der Waals surface area contributed by atoms with Crippen molar-refractivity contribution in [1.29, 1.82) is 0 Å². The molecule has 0 aliphatic carbocycles. The third kappa shape index (κ3) is 4.00. The number of aliphatic hydroxyl groups is 1. The van der Waals surface area contributed by atoms with E-state index in [9.17, 15) is 18.7 Å². The van der Waals surface area contributed by atoms with Crippen molar-refractivity contribution >= 4 is 16.8 Å². The number of aromatic amines is 1. The van der Waals surface area contributed by atoms with Gasteiger partial charge >= 0.3 is 0 Å². The minimum absolute atomic E-state index is 0.153. The van der Waals surface area contributed by atoms with Crippen LogP contribution in [-0.4, -0.2) is 27.8 Å². The Morgan fingerprint density at radius 2 is 1.79 bits per heavy atom. The Kier molecular flexibility index (Phi) is 5.05. The second kappa shape index (κ2) is 7.81. The Labute approximate surface area is 165 Å². The molecule has 1 heterocycles. The van der Waals surface area contributed by atoms with E-state index in [4.69, 9.17) is 0 Å². The van der Waals surface area contributed by atoms with E-state index in [-0.39, 0.29) is 5.56 Å². The summed E-state index contributed by atoms with van der Waals surface area (Å²) in [5.41, 5.74) is 3.18. The van der Waals surface area contributed by atoms with E-state index in [1.165, 1.54) is 0 Å². The highest BCUT2D eigenvalue weighted by atomic mass is 19.1. The molecule has 4 aromatic rings. The topological polar surface area (TPSA) is 78.0 Å². The molecule has 0 saturated heterocycles. The number of nitrogens with one attached hydrogen (secondary N) is 2. The van der Waals surface area contributed by atoms with Gasteiger partial charge in [-0.2, -0.15) is 5.10 Å². The molecule has 4 rings (SSSR count). The fourth-order valence-electron chi connectivity index (χ4n) is 3.21. The molecule has 1 aromatic heterocycles. The SMILES string of the molecule is O=C(NC(CO)c1cc(F)cc(F)c1)c1cccc(-c2ccc3[nH]ncc3c2)c1. The number of carbonyl (C=O) groups excluding carboxylic acids is 1. The Balaban J connectivity index is 1.59. The second-order valence-corrected chi connectivity index (χ2v) is 6.66. The van der Waals surface area contributed by atoms with E-state index >= 15 is 0 Å². The van der Waals surface area contributed by atoms with Crippen molar-refractivity contribution in [3.05, 3.63) is 89.6 Å². The second-order valence-electron chi connectivity index (χ2n) is 6.66. The normalized spacial score (nSPS) is 12.1. The molecular formula is C22H17F2N3O2. The van der Waals surface area contributed by atoms with Gasteiger partial charge < -0.3 is 10.4 Å². The summed E-state index contributed by atoms with van der Waals surface area (Å²) < 4.78 is 26.9. The molecule has 0 fully saturated rings. The van der Waals surface area contributed by atoms with Crippen LogP contribution in [-0.2, 0) is 0 Å². The summed E-state index contributed by atoms with van der Waals surface area (Å²) in [6.45, 7) is -0.495. The monoisotopic (exact) mass is 393 g/mol. The van der Waals surface area contributed by atoms with Crippen molar-refractivity contribution in [3.8, 4) is 11.1 Å². The lowest BCUT2D eigenvalue weighted by Gasteiger charge is -2.17. The van der Waals surface area contributed by atoms with Crippen LogP contribution < -0.4 is 5.32 Å². The van der Waals surface area contributed by atoms with Crippen molar-refractivity contribution < 1.29 is 18.7 Å². The summed E-state index contributed by atoms with van der Waals surface area (Å²) in [6, 6.07) is 14.7. The van der Waals surface area contributed by atoms with Gasteiger partial charge in [-0.3, -0.25) is 9.89 Å². The summed E-state index contributed by atoms with van der Waals surface area (Å²) in [5.74, 6) is -2.01. The van der Waals surface area contributed by atoms with Crippen molar-refractivity contribution in [2.24, 2.45) is 0 Å². The first-order valence-corrected chi connectivity index (χ1v) is 8.95. The van der Waals surface area contributed by atoms with Crippen LogP contribution in [0.25, 0.3) is 22.0 Å². The average Bonchev–Trinajstić information content (AvgIpc) is 3.19. The van der Waals surface area contributed by atoms with Gasteiger partial charge in [0.05, 0.1) is 24.4 Å². The van der Waals surface area contributed by atoms with Gasteiger partial charge in [0.25, 0.3) is 5.91 Å². The standard InChI is InChI=1S/C22H17F2N3O2/c23-18-8-16(9-19(24)10-18)21(12-28)26-22(29)15-3-1-2-13(6-15)14-4-5-20-17(7-14)11-25-27-20/h1-11,21,28H,12H2,(H,25,27)(H,26,29). The molecule has 3 N–H and O–H groups in total. The summed E-state index contributed by atoms with van der Waals surface area (Å²) in [6.07, 6.45) is 1.72. The van der Waals surface area contributed by atoms with Gasteiger partial charge in [-0.05, 0) is 53.1 Å². The first kappa shape index (κ1) is 18.8. The zero-order valence-electron chi connectivity index (χ0n) is 15.2. The number of carbonyl (C=O) groups is 1. The number of aromatic nitrogens is 2. The van der Waals surface area contributed by atoms with E-state index in [0.29, 0.717) is 5.56 Å². The zero-order chi connectivity index (χ0) is 20.4. The van der Waals surface area contributed by atoms with Crippen LogP contribution >= 0.6 is 0 Å². The molecule has 1 unspecified atom stereocenters. The van der Waals surface area contributed by atoms with Gasteiger partial charge in [-0.25, -0.2) is 8.78 Å². The lowest BCUT2D eigenvalue weighted by Crippen LogP contribution is -2.31. The maximum absolute atomic E-state index is 13.5. The van der Waals surface area contributed by atoms with Gasteiger partial charge in [-0.15, -0.1) is 0 Å². The molecule has 1 amide bonds. The fraction of sp³-hybridized carbons (Fsp3) is 0.0909. The quantitative estimate of drug-likeness (QED) is 0.480. The van der Waals surface area contributed by atoms with E-state index in [0.717, 1.165) is 40.2 Å². The summed E-state index contributed by atoms with van der Waals surface area (Å²) in [7, 11) is 0. The molecule has 29 heavy (non-hydrogen) atoms. The summed E-state index contributed by atoms with van der Waals surface area (Å²) in [4.78, 5) is 12.7. The minimum Gasteiger partial charge on any atom is -0.394 e. The molecule has 146 valence electrons. The summed E-state index contributed by atoms with van der Waals surface area (Å²) in [5, 5.41) is 20.1. The van der Waals surface area contributed by atoms with E-state index in [2.05, 4.69) is 15.5 Å². The molecule has 1 atom stereocenters. The predicted molar refractivity (Wildman–Crippen MR) is 105 cm³/mol. The highest BCUT2D eigenvalue weighted by molar-refractivity contribution is 5.96. The summed E-state index contributed by atoms with van der Waals surface area (Å²) >= 11 is 0. The predicted octanol–water partition coefficient (Wildman–Crippen LogP) is 3.97. The molecule has 7 heteroatoms. The van der Waals surface area contributed by atoms with E-state index in [1.54, 1.807) is 24.4 Å². The maximum Gasteiger partial charge on any atom is 0.251 e. The number of amides is 1. The third-order valence-electron chi connectivity index (χ3n) is 4.67. The Morgan fingerprint density at radius 3 is 2.55 bits per heavy atom. The van der Waals surface area contributed by atoms with Crippen LogP contribution in [0, 0.1) is 11.6 Å². The van der Waals surface area contributed by atoms with Crippen LogP contribution in [0.1, 0.15) is 22.0 Å². The number of benzene rings is 3. The highest BCUT2D eigenvalue weighted by Gasteiger charge is 2.17. The maximum atomic E-state index is 13.5. The van der Waals surface area contributed by atoms with Gasteiger partial charge in [0.1, 0.15) is 11.6 Å². The van der Waals surface area contributed by atoms with Crippen LogP contribution in [0.5, 0.6) is 0 Å². The van der Waals surface area contributed by atoms with Gasteiger partial charge in [0, 0.05) is 17.0 Å². The first-order valence-electron chi connectivity index (χ1n) is 8.95. The number of fused-ring (bicyclic) bond motifs is 1. The molecule has 3 aromatic carbocycles. The highest BCUT2D eigenvalue weighted by Crippen LogP contribution is 2.25. The third-order valence-corrected chi connectivity index (χ3v) is 4.67. The van der Waals surface area contributed by atoms with Crippen LogP contribution in [0.15, 0.2) is 66.9 Å². The number of hydrogen-bond donors (Lipinski definition) is 3. The molecule has 0 saturated carbocycles. The molecule has 0 bridgehead atoms. The van der Waals surface area contributed by atoms with Crippen molar-refractivity contribution in [2.75, 3.05) is 6.61 Å². The fourth-order valence-corrected chi connectivity index (χ4v) is 3.21. The van der Waals surface area contributed by atoms with Gasteiger partial charge in [-0.1, -0.05) is 18.2 Å². The van der Waals surface area contributed by atoms with Crippen LogP contribution in [0.4, 0.5) is 8.78 Å². The Bertz CT molecular complexity index is 1170. The van der Waals surface area contributed by atoms with Crippen molar-refractivity contribution in [1.82, 2.24) is 15.5 Å². The van der Waals surface area contributed by atoms with E-state index in [1.807, 2.05) is 24.3 Å². The lowest BCUT2D eigenvalue weighted by atomic mass is 10.0. The molecular weight excluding hydrogens is 376 g/mol. The Morgan fingerprint density at radius 1 is 1.03 bits per heavy atom. The minimum atomic E-state index is -0.932. The number of halogens is 2. The molecule has 0 radical (unpaired) electrons. The number of aliphatic hydroxyl groups excluding tert-OH is 1. The lowest BCUT2D eigenvalue weighted by molar-refractivity contribution is 0.0916. The average molecular weight is 393 g/mol. The number of hydrogen-bond acceptors (Lipinski definition) is 3. The van der Waals surface area contributed by atoms with Gasteiger partial charge in [0.15, 0.2) is 0 Å². The number of nitrogens with zero attached hydrogens (tertiary/aromatic N) is 1. The van der Waals surface area contributed by atoms with Gasteiger partial charge in [0.2, 0.25) is 0 Å². The molecule has 0 spiro atoms. The molecule has 0 aliphatic heterocycles. The van der Waals surface area contributed by atoms with Crippen molar-refractivity contribution in [2.45, 2.75) is 6.04 Å². The smallest absolute Gasteiger partial charge is 0.251 e. The molecule has 0 aliphatic rings. The Hall–Kier alpha value is -3.58. The number of rotatable bonds is 5. The number of H-pyrrole nitrogens is 1.